The second-order valence-electron chi connectivity index (χ2n) is 3.95. The van der Waals surface area contributed by atoms with E-state index in [1.807, 2.05) is 0 Å². The van der Waals surface area contributed by atoms with Gasteiger partial charge in [-0.3, -0.25) is 19.4 Å². The summed E-state index contributed by atoms with van der Waals surface area (Å²) in [5.74, 6) is -5.52. The summed E-state index contributed by atoms with van der Waals surface area (Å²) >= 11 is 0. The molecule has 15 heteroatoms. The summed E-state index contributed by atoms with van der Waals surface area (Å²) in [7, 11) is 0. The molecule has 0 radical (unpaired) electrons. The van der Waals surface area contributed by atoms with Crippen LogP contribution >= 0.6 is 0 Å². The van der Waals surface area contributed by atoms with Gasteiger partial charge in [0.25, 0.3) is 0 Å². The number of nitrogens with zero attached hydrogens (tertiary/aromatic N) is 2. The van der Waals surface area contributed by atoms with Crippen molar-refractivity contribution < 1.29 is 131 Å². The summed E-state index contributed by atoms with van der Waals surface area (Å²) in [6.07, 6.45) is 0. The van der Waals surface area contributed by atoms with Gasteiger partial charge in [0.2, 0.25) is 0 Å². The number of carboxylic acid groups (broad SMARTS) is 4. The Labute approximate surface area is 202 Å². The van der Waals surface area contributed by atoms with Crippen molar-refractivity contribution in [3.8, 4) is 0 Å². The zero-order valence-electron chi connectivity index (χ0n) is 13.8. The number of carbonyl (C=O) groups excluding carboxylic acids is 2. The van der Waals surface area contributed by atoms with Crippen molar-refractivity contribution in [1.82, 2.24) is 9.80 Å². The van der Waals surface area contributed by atoms with E-state index in [4.69, 9.17) is 10.2 Å². The molecule has 0 aromatic heterocycles. The third-order valence-electron chi connectivity index (χ3n) is 2.16. The van der Waals surface area contributed by atoms with Crippen LogP contribution in [0.25, 0.3) is 0 Å². The molecule has 0 aliphatic heterocycles. The maximum absolute atomic E-state index is 10.5. The smallest absolute Gasteiger partial charge is 2.00 e. The van der Waals surface area contributed by atoms with Crippen LogP contribution in [0.1, 0.15) is 0 Å². The average molecular weight is 416 g/mol. The molecular weight excluding hydrogens is 402 g/mol. The zero-order valence-corrected chi connectivity index (χ0v) is 19.4. The van der Waals surface area contributed by atoms with Crippen LogP contribution < -0.4 is 69.3 Å². The van der Waals surface area contributed by atoms with Crippen molar-refractivity contribution in [3.63, 3.8) is 0 Å². The van der Waals surface area contributed by atoms with Crippen LogP contribution in [0.4, 0.5) is 0 Å². The number of aliphatic carboxylic acids is 4. The van der Waals surface area contributed by atoms with Crippen LogP contribution in [0.5, 0.6) is 0 Å². The van der Waals surface area contributed by atoms with Gasteiger partial charge in [-0.05, 0) is 0 Å². The quantitative estimate of drug-likeness (QED) is 0.303. The van der Waals surface area contributed by atoms with Crippen molar-refractivity contribution >= 4 is 23.9 Å². The van der Waals surface area contributed by atoms with Gasteiger partial charge in [0.1, 0.15) is 0 Å². The number of rotatable bonds is 11. The Balaban J connectivity index is -0.000000180. The first-order valence-electron chi connectivity index (χ1n) is 5.48. The average Bonchev–Trinajstić information content (AvgIpc) is 2.22. The maximum Gasteiger partial charge on any atom is 4.00 e. The Morgan fingerprint density at radius 2 is 0.920 bits per heavy atom. The van der Waals surface area contributed by atoms with E-state index in [9.17, 15) is 29.4 Å². The van der Waals surface area contributed by atoms with Crippen molar-refractivity contribution in [2.45, 2.75) is 0 Å². The first-order chi connectivity index (χ1) is 9.20. The Morgan fingerprint density at radius 1 is 0.680 bits per heavy atom. The minimum absolute atomic E-state index is 0. The summed E-state index contributed by atoms with van der Waals surface area (Å²) in [4.78, 5) is 43.9. The first-order valence-corrected chi connectivity index (χ1v) is 5.48. The second-order valence-corrected chi connectivity index (χ2v) is 3.95. The Hall–Kier alpha value is 0.434. The van der Waals surface area contributed by atoms with E-state index < -0.39 is 50.1 Å². The van der Waals surface area contributed by atoms with Crippen molar-refractivity contribution in [1.29, 1.82) is 0 Å². The van der Waals surface area contributed by atoms with Crippen LogP contribution in [0, 0.1) is 0 Å². The van der Waals surface area contributed by atoms with E-state index in [-0.39, 0.29) is 105 Å². The first kappa shape index (κ1) is 40.2. The fourth-order valence-electron chi connectivity index (χ4n) is 1.46. The monoisotopic (exact) mass is 416 g/mol. The molecule has 0 unspecified atom stereocenters. The molecule has 0 fully saturated rings. The van der Waals surface area contributed by atoms with Crippen molar-refractivity contribution in [2.75, 3.05) is 39.3 Å². The van der Waals surface area contributed by atoms with Gasteiger partial charge in [-0.15, -0.1) is 0 Å². The molecular formula is C10H14N2Na2O10Ti. The minimum atomic E-state index is -1.51. The van der Waals surface area contributed by atoms with Crippen LogP contribution in [-0.2, 0) is 51.8 Å². The molecule has 0 spiro atoms. The van der Waals surface area contributed by atoms with Gasteiger partial charge in [0, 0.05) is 26.2 Å². The molecule has 0 aromatic rings. The van der Waals surface area contributed by atoms with Gasteiger partial charge in [-0.2, -0.15) is 0 Å². The van der Waals surface area contributed by atoms with Crippen LogP contribution in [0.3, 0.4) is 0 Å². The van der Waals surface area contributed by atoms with Crippen molar-refractivity contribution in [3.05, 3.63) is 0 Å². The fourth-order valence-corrected chi connectivity index (χ4v) is 1.46. The predicted molar refractivity (Wildman–Crippen MR) is 59.5 cm³/mol. The molecule has 12 nitrogen and oxygen atoms in total. The number of carboxylic acids is 4. The van der Waals surface area contributed by atoms with Gasteiger partial charge in [-0.1, -0.05) is 0 Å². The summed E-state index contributed by atoms with van der Waals surface area (Å²) < 4.78 is 0. The molecule has 130 valence electrons. The molecule has 2 N–H and O–H groups in total. The molecule has 0 rings (SSSR count). The third-order valence-corrected chi connectivity index (χ3v) is 2.16. The molecule has 0 aliphatic carbocycles. The molecule has 25 heavy (non-hydrogen) atoms. The summed E-state index contributed by atoms with van der Waals surface area (Å²) in [6.45, 7) is -2.75. The standard InChI is InChI=1S/C10H16N2O8.2Na.2O.Ti/c13-7(14)3-11(4-8(15)16)1-2-12(5-9(17)18)6-10(19)20;;;;;/h1-6H2,(H,13,14)(H,15,16)(H,17,18)(H,19,20);;;;;/q;2*+1;2*-2;+4/p-2. The summed E-state index contributed by atoms with van der Waals surface area (Å²) in [5.41, 5.74) is 0. The normalized spacial score (nSPS) is 8.56. The molecule has 0 heterocycles. The molecule has 0 aliphatic rings. The Kier molecular flexibility index (Phi) is 36.1. The largest absolute Gasteiger partial charge is 4.00 e. The molecule has 0 bridgehead atoms. The summed E-state index contributed by atoms with van der Waals surface area (Å²) in [6, 6.07) is 0. The number of carbonyl (C=O) groups is 4. The van der Waals surface area contributed by atoms with Crippen LogP contribution in [0.2, 0.25) is 0 Å². The van der Waals surface area contributed by atoms with E-state index >= 15 is 0 Å². The second kappa shape index (κ2) is 22.5. The van der Waals surface area contributed by atoms with E-state index in [0.717, 1.165) is 9.80 Å². The predicted octanol–water partition coefficient (Wildman–Crippen LogP) is -11.0. The fraction of sp³-hybridized carbons (Fsp3) is 0.600. The Morgan fingerprint density at radius 3 is 1.12 bits per heavy atom. The molecule has 0 saturated carbocycles. The van der Waals surface area contributed by atoms with Crippen molar-refractivity contribution in [2.24, 2.45) is 0 Å². The van der Waals surface area contributed by atoms with Gasteiger partial charge in [-0.25, -0.2) is 0 Å². The van der Waals surface area contributed by atoms with Gasteiger partial charge in [0.05, 0.1) is 25.0 Å². The zero-order chi connectivity index (χ0) is 15.7. The van der Waals surface area contributed by atoms with Gasteiger partial charge in [0.15, 0.2) is 0 Å². The van der Waals surface area contributed by atoms with E-state index in [1.165, 1.54) is 0 Å². The van der Waals surface area contributed by atoms with Crippen LogP contribution in [-0.4, -0.2) is 83.2 Å². The van der Waals surface area contributed by atoms with Gasteiger partial charge >= 0.3 is 92.8 Å². The topological polar surface area (TPSA) is 218 Å². The minimum Gasteiger partial charge on any atom is -2.00 e. The maximum atomic E-state index is 10.5. The van der Waals surface area contributed by atoms with E-state index in [1.54, 1.807) is 0 Å². The number of hydrogen-bond donors (Lipinski definition) is 2. The molecule has 0 amide bonds. The Bertz CT molecular complexity index is 334. The van der Waals surface area contributed by atoms with E-state index in [2.05, 4.69) is 0 Å². The molecule has 0 atom stereocenters. The summed E-state index contributed by atoms with van der Waals surface area (Å²) in [5, 5.41) is 38.0. The third kappa shape index (κ3) is 26.8. The molecule has 0 saturated heterocycles. The molecule has 0 aromatic carbocycles. The number of hydrogen-bond acceptors (Lipinski definition) is 8. The van der Waals surface area contributed by atoms with Gasteiger partial charge < -0.3 is 41.0 Å². The van der Waals surface area contributed by atoms with Crippen LogP contribution in [0.15, 0.2) is 0 Å². The van der Waals surface area contributed by atoms with E-state index in [0.29, 0.717) is 0 Å². The SMILES string of the molecule is O=C([O-])CN(CCN(CC(=O)O)CC(=O)O)CC(=O)[O-].[Na+].[Na+].[O-2].[O-2].[Ti+4].